The minimum Gasteiger partial charge on any atom is -0.258 e. The first kappa shape index (κ1) is 12.0. The third-order valence-electron chi connectivity index (χ3n) is 2.58. The van der Waals surface area contributed by atoms with Crippen molar-refractivity contribution < 1.29 is 0 Å². The summed E-state index contributed by atoms with van der Waals surface area (Å²) in [5.41, 5.74) is 4.96. The largest absolute Gasteiger partial charge is 0.258 e. The second-order valence-electron chi connectivity index (χ2n) is 4.31. The van der Waals surface area contributed by atoms with E-state index < -0.39 is 0 Å². The minimum atomic E-state index is 0.563. The highest BCUT2D eigenvalue weighted by Gasteiger charge is 2.09. The van der Waals surface area contributed by atoms with Crippen molar-refractivity contribution in [3.63, 3.8) is 0 Å². The molecule has 0 saturated carbocycles. The van der Waals surface area contributed by atoms with E-state index in [1.165, 1.54) is 11.1 Å². The molecule has 0 aliphatic rings. The molecule has 0 aliphatic heterocycles. The number of aryl methyl sites for hydroxylation is 2. The molecule has 0 N–H and O–H groups in total. The van der Waals surface area contributed by atoms with E-state index in [0.717, 1.165) is 17.8 Å². The summed E-state index contributed by atoms with van der Waals surface area (Å²) in [7, 11) is 0. The quantitative estimate of drug-likeness (QED) is 0.719. The molecule has 1 aromatic heterocycles. The molecule has 0 spiro atoms. The Morgan fingerprint density at radius 2 is 2.00 bits per heavy atom. The first-order valence-electron chi connectivity index (χ1n) is 5.71. The van der Waals surface area contributed by atoms with Gasteiger partial charge in [-0.3, -0.25) is 4.98 Å². The standard InChI is InChI=1S/C14H21N/c1-6-7-13(10(2)3)14-9-8-11(4)15-12(14)5/h7-10H,6H2,1-5H3/b13-7-. The molecular weight excluding hydrogens is 182 g/mol. The number of nitrogens with zero attached hydrogens (tertiary/aromatic N) is 1. The van der Waals surface area contributed by atoms with Gasteiger partial charge in [-0.2, -0.15) is 0 Å². The van der Waals surface area contributed by atoms with Gasteiger partial charge in [-0.1, -0.05) is 32.9 Å². The van der Waals surface area contributed by atoms with Crippen molar-refractivity contribution in [3.8, 4) is 0 Å². The van der Waals surface area contributed by atoms with Crippen LogP contribution >= 0.6 is 0 Å². The lowest BCUT2D eigenvalue weighted by atomic mass is 9.93. The van der Waals surface area contributed by atoms with Crippen molar-refractivity contribution in [2.45, 2.75) is 41.0 Å². The van der Waals surface area contributed by atoms with Gasteiger partial charge in [0, 0.05) is 11.4 Å². The lowest BCUT2D eigenvalue weighted by Gasteiger charge is -2.14. The van der Waals surface area contributed by atoms with E-state index in [1.807, 2.05) is 6.92 Å². The molecular formula is C14H21N. The van der Waals surface area contributed by atoms with Gasteiger partial charge in [-0.25, -0.2) is 0 Å². The monoisotopic (exact) mass is 203 g/mol. The summed E-state index contributed by atoms with van der Waals surface area (Å²) in [6.07, 6.45) is 3.39. The van der Waals surface area contributed by atoms with Crippen LogP contribution in [0.5, 0.6) is 0 Å². The van der Waals surface area contributed by atoms with Crippen LogP contribution in [0.3, 0.4) is 0 Å². The number of allylic oxidation sites excluding steroid dienone is 2. The summed E-state index contributed by atoms with van der Waals surface area (Å²) in [5, 5.41) is 0. The molecule has 0 bridgehead atoms. The molecule has 1 heterocycles. The zero-order chi connectivity index (χ0) is 11.4. The Bertz CT molecular complexity index is 362. The van der Waals surface area contributed by atoms with Crippen LogP contribution in [-0.2, 0) is 0 Å². The van der Waals surface area contributed by atoms with Gasteiger partial charge in [-0.05, 0) is 43.4 Å². The topological polar surface area (TPSA) is 12.9 Å². The number of rotatable bonds is 3. The lowest BCUT2D eigenvalue weighted by molar-refractivity contribution is 0.846. The Balaban J connectivity index is 3.18. The fourth-order valence-corrected chi connectivity index (χ4v) is 1.87. The maximum absolute atomic E-state index is 4.52. The summed E-state index contributed by atoms with van der Waals surface area (Å²) >= 11 is 0. The highest BCUT2D eigenvalue weighted by atomic mass is 14.7. The zero-order valence-corrected chi connectivity index (χ0v) is 10.5. The van der Waals surface area contributed by atoms with Gasteiger partial charge in [0.25, 0.3) is 0 Å². The van der Waals surface area contributed by atoms with Crippen molar-refractivity contribution in [1.82, 2.24) is 4.98 Å². The predicted molar refractivity (Wildman–Crippen MR) is 66.8 cm³/mol. The second-order valence-corrected chi connectivity index (χ2v) is 4.31. The first-order valence-corrected chi connectivity index (χ1v) is 5.71. The first-order chi connectivity index (χ1) is 7.06. The predicted octanol–water partition coefficient (Wildman–Crippen LogP) is 4.15. The van der Waals surface area contributed by atoms with Crippen LogP contribution in [0, 0.1) is 19.8 Å². The fourth-order valence-electron chi connectivity index (χ4n) is 1.87. The van der Waals surface area contributed by atoms with Crippen LogP contribution in [0.1, 0.15) is 44.1 Å². The average molecular weight is 203 g/mol. The highest BCUT2D eigenvalue weighted by molar-refractivity contribution is 5.68. The number of aromatic nitrogens is 1. The van der Waals surface area contributed by atoms with Gasteiger partial charge in [0.15, 0.2) is 0 Å². The van der Waals surface area contributed by atoms with Crippen molar-refractivity contribution in [1.29, 1.82) is 0 Å². The SMILES string of the molecule is CC/C=C(\c1ccc(C)nc1C)C(C)C. The van der Waals surface area contributed by atoms with Gasteiger partial charge >= 0.3 is 0 Å². The molecule has 0 unspecified atom stereocenters. The molecule has 1 rings (SSSR count). The van der Waals surface area contributed by atoms with E-state index >= 15 is 0 Å². The van der Waals surface area contributed by atoms with Crippen LogP contribution in [0.4, 0.5) is 0 Å². The number of pyridine rings is 1. The minimum absolute atomic E-state index is 0.563. The molecule has 0 aliphatic carbocycles. The van der Waals surface area contributed by atoms with E-state index in [0.29, 0.717) is 5.92 Å². The third kappa shape index (κ3) is 2.92. The summed E-state index contributed by atoms with van der Waals surface area (Å²) in [6.45, 7) is 10.8. The average Bonchev–Trinajstić information content (AvgIpc) is 2.15. The smallest absolute Gasteiger partial charge is 0.0450 e. The molecule has 1 heteroatoms. The number of hydrogen-bond donors (Lipinski definition) is 0. The molecule has 0 amide bonds. The van der Waals surface area contributed by atoms with Crippen molar-refractivity contribution in [2.75, 3.05) is 0 Å². The Morgan fingerprint density at radius 1 is 1.33 bits per heavy atom. The van der Waals surface area contributed by atoms with E-state index in [9.17, 15) is 0 Å². The van der Waals surface area contributed by atoms with E-state index in [-0.39, 0.29) is 0 Å². The summed E-state index contributed by atoms with van der Waals surface area (Å²) < 4.78 is 0. The van der Waals surface area contributed by atoms with Gasteiger partial charge < -0.3 is 0 Å². The summed E-state index contributed by atoms with van der Waals surface area (Å²) in [4.78, 5) is 4.52. The Morgan fingerprint density at radius 3 is 2.47 bits per heavy atom. The van der Waals surface area contributed by atoms with Crippen LogP contribution in [0.2, 0.25) is 0 Å². The van der Waals surface area contributed by atoms with Gasteiger partial charge in [-0.15, -0.1) is 0 Å². The molecule has 1 nitrogen and oxygen atoms in total. The Hall–Kier alpha value is -1.11. The van der Waals surface area contributed by atoms with E-state index in [2.05, 4.69) is 50.9 Å². The van der Waals surface area contributed by atoms with Crippen LogP contribution in [-0.4, -0.2) is 4.98 Å². The van der Waals surface area contributed by atoms with E-state index in [1.54, 1.807) is 0 Å². The zero-order valence-electron chi connectivity index (χ0n) is 10.5. The van der Waals surface area contributed by atoms with Crippen LogP contribution in [0.25, 0.3) is 5.57 Å². The fraction of sp³-hybridized carbons (Fsp3) is 0.500. The Kier molecular flexibility index (Phi) is 4.07. The maximum Gasteiger partial charge on any atom is 0.0450 e. The molecule has 15 heavy (non-hydrogen) atoms. The molecule has 0 fully saturated rings. The van der Waals surface area contributed by atoms with Crippen LogP contribution < -0.4 is 0 Å². The van der Waals surface area contributed by atoms with Crippen LogP contribution in [0.15, 0.2) is 18.2 Å². The van der Waals surface area contributed by atoms with Crippen molar-refractivity contribution in [3.05, 3.63) is 35.2 Å². The van der Waals surface area contributed by atoms with Crippen molar-refractivity contribution >= 4 is 5.57 Å². The molecule has 0 atom stereocenters. The van der Waals surface area contributed by atoms with Crippen molar-refractivity contribution in [2.24, 2.45) is 5.92 Å². The molecule has 1 aromatic rings. The van der Waals surface area contributed by atoms with Gasteiger partial charge in [0.05, 0.1) is 0 Å². The lowest BCUT2D eigenvalue weighted by Crippen LogP contribution is -1.99. The van der Waals surface area contributed by atoms with Gasteiger partial charge in [0.1, 0.15) is 0 Å². The van der Waals surface area contributed by atoms with Gasteiger partial charge in [0.2, 0.25) is 0 Å². The third-order valence-corrected chi connectivity index (χ3v) is 2.58. The molecule has 0 aromatic carbocycles. The molecule has 0 radical (unpaired) electrons. The molecule has 82 valence electrons. The molecule has 0 saturated heterocycles. The van der Waals surface area contributed by atoms with E-state index in [4.69, 9.17) is 0 Å². The summed E-state index contributed by atoms with van der Waals surface area (Å²) in [6, 6.07) is 4.29. The second kappa shape index (κ2) is 5.11. The number of hydrogen-bond acceptors (Lipinski definition) is 1. The normalized spacial score (nSPS) is 12.3. The highest BCUT2D eigenvalue weighted by Crippen LogP contribution is 2.25. The Labute approximate surface area is 93.2 Å². The summed E-state index contributed by atoms with van der Waals surface area (Å²) in [5.74, 6) is 0.563. The maximum atomic E-state index is 4.52.